The number of aryl methyl sites for hydroxylation is 1. The number of carbonyl (C=O) groups excluding carboxylic acids is 4. The number of fused-ring (bicyclic) bond motifs is 1. The summed E-state index contributed by atoms with van der Waals surface area (Å²) in [5, 5.41) is 2.76. The molecule has 1 heterocycles. The summed E-state index contributed by atoms with van der Waals surface area (Å²) in [4.78, 5) is 51.6. The van der Waals surface area contributed by atoms with Crippen LogP contribution < -0.4 is 10.2 Å². The maximum atomic E-state index is 12.9. The van der Waals surface area contributed by atoms with Gasteiger partial charge in [0.15, 0.2) is 6.61 Å². The summed E-state index contributed by atoms with van der Waals surface area (Å²) in [5.41, 5.74) is 2.32. The number of amides is 3. The first kappa shape index (κ1) is 24.1. The van der Waals surface area contributed by atoms with Crippen molar-refractivity contribution < 1.29 is 23.9 Å². The molecule has 3 amide bonds. The zero-order valence-electron chi connectivity index (χ0n) is 19.2. The molecule has 2 aromatic rings. The van der Waals surface area contributed by atoms with Gasteiger partial charge in [-0.05, 0) is 79.6 Å². The maximum Gasteiger partial charge on any atom is 0.338 e. The summed E-state index contributed by atoms with van der Waals surface area (Å²) in [6, 6.07) is 11.7. The lowest BCUT2D eigenvalue weighted by molar-refractivity contribution is -0.122. The van der Waals surface area contributed by atoms with Crippen LogP contribution in [0.15, 0.2) is 46.9 Å². The van der Waals surface area contributed by atoms with Gasteiger partial charge in [-0.25, -0.2) is 4.79 Å². The fourth-order valence-electron chi connectivity index (χ4n) is 4.77. The lowest BCUT2D eigenvalue weighted by Gasteiger charge is -2.25. The Bertz CT molecular complexity index is 1130. The van der Waals surface area contributed by atoms with Crippen molar-refractivity contribution in [1.82, 2.24) is 0 Å². The molecule has 1 aliphatic carbocycles. The van der Waals surface area contributed by atoms with E-state index in [-0.39, 0.29) is 29.2 Å². The smallest absolute Gasteiger partial charge is 0.338 e. The number of halogens is 1. The Balaban J connectivity index is 1.36. The molecule has 34 heavy (non-hydrogen) atoms. The first-order valence-electron chi connectivity index (χ1n) is 11.5. The highest BCUT2D eigenvalue weighted by atomic mass is 79.9. The van der Waals surface area contributed by atoms with Crippen LogP contribution in [0.2, 0.25) is 0 Å². The molecule has 4 rings (SSSR count). The number of nitrogens with zero attached hydrogens (tertiary/aromatic N) is 1. The molecular weight excluding hydrogens is 500 g/mol. The summed E-state index contributed by atoms with van der Waals surface area (Å²) >= 11 is 3.41. The quantitative estimate of drug-likeness (QED) is 0.433. The Morgan fingerprint density at radius 1 is 1.06 bits per heavy atom. The number of benzene rings is 2. The van der Waals surface area contributed by atoms with Crippen LogP contribution in [0.3, 0.4) is 0 Å². The van der Waals surface area contributed by atoms with Crippen molar-refractivity contribution in [1.29, 1.82) is 0 Å². The number of esters is 1. The Labute approximate surface area is 207 Å². The molecule has 2 aromatic carbocycles. The number of imide groups is 1. The molecule has 7 nitrogen and oxygen atoms in total. The minimum absolute atomic E-state index is 0.159. The Kier molecular flexibility index (Phi) is 7.16. The van der Waals surface area contributed by atoms with Gasteiger partial charge in [0.1, 0.15) is 0 Å². The van der Waals surface area contributed by atoms with Crippen LogP contribution in [0.1, 0.15) is 49.0 Å². The monoisotopic (exact) mass is 526 g/mol. The molecule has 0 unspecified atom stereocenters. The van der Waals surface area contributed by atoms with Crippen molar-refractivity contribution in [2.75, 3.05) is 16.8 Å². The first-order valence-corrected chi connectivity index (χ1v) is 12.3. The van der Waals surface area contributed by atoms with Gasteiger partial charge in [0.25, 0.3) is 5.91 Å². The zero-order chi connectivity index (χ0) is 24.4. The fraction of sp³-hybridized carbons (Fsp3) is 0.385. The SMILES string of the molecule is CCc1cc(Br)ccc1NC(=O)COC(=O)c1ccc(N2C(=O)[C@@H]3CC[C@@H](C)C[C@H]3C2=O)cc1. The predicted molar refractivity (Wildman–Crippen MR) is 131 cm³/mol. The number of rotatable bonds is 6. The zero-order valence-corrected chi connectivity index (χ0v) is 20.8. The van der Waals surface area contributed by atoms with Crippen LogP contribution in [0, 0.1) is 17.8 Å². The van der Waals surface area contributed by atoms with Crippen LogP contribution in [-0.2, 0) is 25.5 Å². The van der Waals surface area contributed by atoms with Gasteiger partial charge in [0.2, 0.25) is 11.8 Å². The normalized spacial score (nSPS) is 21.9. The fourth-order valence-corrected chi connectivity index (χ4v) is 5.18. The molecular formula is C26H27BrN2O5. The molecule has 0 spiro atoms. The van der Waals surface area contributed by atoms with Crippen molar-refractivity contribution in [3.63, 3.8) is 0 Å². The molecule has 1 aliphatic heterocycles. The molecule has 1 N–H and O–H groups in total. The van der Waals surface area contributed by atoms with Crippen molar-refractivity contribution >= 4 is 51.0 Å². The number of carbonyl (C=O) groups is 4. The molecule has 0 aromatic heterocycles. The van der Waals surface area contributed by atoms with E-state index in [2.05, 4.69) is 28.2 Å². The Morgan fingerprint density at radius 3 is 2.47 bits per heavy atom. The van der Waals surface area contributed by atoms with Crippen LogP contribution in [0.25, 0.3) is 0 Å². The van der Waals surface area contributed by atoms with E-state index < -0.39 is 18.5 Å². The molecule has 2 fully saturated rings. The van der Waals surface area contributed by atoms with Crippen molar-refractivity contribution in [2.24, 2.45) is 17.8 Å². The number of hydrogen-bond donors (Lipinski definition) is 1. The molecule has 8 heteroatoms. The van der Waals surface area contributed by atoms with E-state index in [1.807, 2.05) is 19.1 Å². The van der Waals surface area contributed by atoms with Crippen molar-refractivity contribution in [3.05, 3.63) is 58.1 Å². The average molecular weight is 527 g/mol. The van der Waals surface area contributed by atoms with Crippen LogP contribution in [0.4, 0.5) is 11.4 Å². The lowest BCUT2D eigenvalue weighted by Crippen LogP contribution is -2.30. The van der Waals surface area contributed by atoms with Gasteiger partial charge >= 0.3 is 5.97 Å². The molecule has 2 aliphatic rings. The molecule has 1 saturated carbocycles. The lowest BCUT2D eigenvalue weighted by atomic mass is 9.76. The van der Waals surface area contributed by atoms with Crippen molar-refractivity contribution in [2.45, 2.75) is 39.5 Å². The van der Waals surface area contributed by atoms with Gasteiger partial charge in [0, 0.05) is 10.2 Å². The van der Waals surface area contributed by atoms with E-state index in [1.54, 1.807) is 18.2 Å². The molecule has 3 atom stereocenters. The molecule has 0 bridgehead atoms. The minimum Gasteiger partial charge on any atom is -0.452 e. The second-order valence-electron chi connectivity index (χ2n) is 8.97. The highest BCUT2D eigenvalue weighted by Crippen LogP contribution is 2.42. The van der Waals surface area contributed by atoms with E-state index in [9.17, 15) is 19.2 Å². The number of ether oxygens (including phenoxy) is 1. The standard InChI is InChI=1S/C26H27BrN2O5/c1-3-16-13-18(27)7-11-22(16)28-23(30)14-34-26(33)17-5-8-19(9-6-17)29-24(31)20-10-4-15(2)12-21(20)25(29)32/h5-9,11,13,15,20-21H,3-4,10,12,14H2,1-2H3,(H,28,30)/t15-,20-,21-/m1/s1. The highest BCUT2D eigenvalue weighted by Gasteiger charge is 2.49. The number of anilines is 2. The highest BCUT2D eigenvalue weighted by molar-refractivity contribution is 9.10. The van der Waals surface area contributed by atoms with Crippen LogP contribution >= 0.6 is 15.9 Å². The average Bonchev–Trinajstić information content (AvgIpc) is 3.07. The summed E-state index contributed by atoms with van der Waals surface area (Å²) in [5.74, 6) is -1.48. The van der Waals surface area contributed by atoms with E-state index >= 15 is 0 Å². The summed E-state index contributed by atoms with van der Waals surface area (Å²) in [6.07, 6.45) is 3.16. The minimum atomic E-state index is -0.658. The molecule has 1 saturated heterocycles. The van der Waals surface area contributed by atoms with Crippen molar-refractivity contribution in [3.8, 4) is 0 Å². The van der Waals surface area contributed by atoms with Crippen LogP contribution in [-0.4, -0.2) is 30.3 Å². The Morgan fingerprint density at radius 2 is 1.76 bits per heavy atom. The van der Waals surface area contributed by atoms with E-state index in [0.717, 1.165) is 35.7 Å². The summed E-state index contributed by atoms with van der Waals surface area (Å²) < 4.78 is 6.07. The van der Waals surface area contributed by atoms with E-state index in [4.69, 9.17) is 4.74 Å². The third-order valence-electron chi connectivity index (χ3n) is 6.61. The topological polar surface area (TPSA) is 92.8 Å². The Hall–Kier alpha value is -3.00. The van der Waals surface area contributed by atoms with Gasteiger partial charge in [0.05, 0.1) is 23.1 Å². The van der Waals surface area contributed by atoms with E-state index in [1.165, 1.54) is 17.0 Å². The summed E-state index contributed by atoms with van der Waals surface area (Å²) in [7, 11) is 0. The third-order valence-corrected chi connectivity index (χ3v) is 7.10. The third kappa shape index (κ3) is 4.92. The maximum absolute atomic E-state index is 12.9. The predicted octanol–water partition coefficient (Wildman–Crippen LogP) is 4.73. The number of hydrogen-bond acceptors (Lipinski definition) is 5. The van der Waals surface area contributed by atoms with Gasteiger partial charge in [-0.2, -0.15) is 0 Å². The van der Waals surface area contributed by atoms with Gasteiger partial charge in [-0.15, -0.1) is 0 Å². The van der Waals surface area contributed by atoms with Crippen LogP contribution in [0.5, 0.6) is 0 Å². The molecule has 0 radical (unpaired) electrons. The van der Waals surface area contributed by atoms with Gasteiger partial charge < -0.3 is 10.1 Å². The molecule has 178 valence electrons. The largest absolute Gasteiger partial charge is 0.452 e. The van der Waals surface area contributed by atoms with Gasteiger partial charge in [-0.3, -0.25) is 19.3 Å². The van der Waals surface area contributed by atoms with Gasteiger partial charge in [-0.1, -0.05) is 29.8 Å². The van der Waals surface area contributed by atoms with E-state index in [0.29, 0.717) is 17.3 Å². The summed E-state index contributed by atoms with van der Waals surface area (Å²) in [6.45, 7) is 3.67. The number of nitrogens with one attached hydrogen (secondary N) is 1. The second-order valence-corrected chi connectivity index (χ2v) is 9.88. The second kappa shape index (κ2) is 10.1. The first-order chi connectivity index (χ1) is 16.3.